The molecule has 0 unspecified atom stereocenters. The van der Waals surface area contributed by atoms with Gasteiger partial charge in [0.25, 0.3) is 0 Å². The molecule has 1 nitrogen and oxygen atoms in total. The summed E-state index contributed by atoms with van der Waals surface area (Å²) in [6, 6.07) is 10.1. The van der Waals surface area contributed by atoms with Crippen LogP contribution >= 0.6 is 0 Å². The van der Waals surface area contributed by atoms with E-state index in [1.807, 2.05) is 37.3 Å². The van der Waals surface area contributed by atoms with E-state index in [0.29, 0.717) is 5.92 Å². The Balaban J connectivity index is 2.59. The van der Waals surface area contributed by atoms with Crippen LogP contribution in [0.1, 0.15) is 18.9 Å². The van der Waals surface area contributed by atoms with E-state index in [1.165, 1.54) is 5.56 Å². The minimum Gasteiger partial charge on any atom is -0.396 e. The molecule has 1 aromatic carbocycles. The van der Waals surface area contributed by atoms with Crippen molar-refractivity contribution in [3.05, 3.63) is 42.5 Å². The smallest absolute Gasteiger partial charge is 0.0459 e. The zero-order chi connectivity index (χ0) is 9.68. The molecule has 0 aliphatic rings. The van der Waals surface area contributed by atoms with E-state index in [0.717, 1.165) is 12.0 Å². The van der Waals surface area contributed by atoms with Crippen molar-refractivity contribution in [2.24, 2.45) is 5.92 Å². The van der Waals surface area contributed by atoms with Gasteiger partial charge in [-0.3, -0.25) is 0 Å². The van der Waals surface area contributed by atoms with Crippen LogP contribution in [-0.4, -0.2) is 11.7 Å². The molecule has 0 saturated carbocycles. The largest absolute Gasteiger partial charge is 0.396 e. The molecule has 0 radical (unpaired) electrons. The minimum atomic E-state index is 0.228. The van der Waals surface area contributed by atoms with Crippen LogP contribution in [0.4, 0.5) is 0 Å². The van der Waals surface area contributed by atoms with Crippen molar-refractivity contribution in [1.82, 2.24) is 0 Å². The first-order valence-electron chi connectivity index (χ1n) is 4.58. The summed E-state index contributed by atoms with van der Waals surface area (Å²) < 4.78 is 0. The van der Waals surface area contributed by atoms with Crippen molar-refractivity contribution in [3.63, 3.8) is 0 Å². The van der Waals surface area contributed by atoms with E-state index in [9.17, 15) is 0 Å². The van der Waals surface area contributed by atoms with Crippen LogP contribution in [0.25, 0.3) is 5.57 Å². The number of hydrogen-bond acceptors (Lipinski definition) is 1. The number of hydrogen-bond donors (Lipinski definition) is 1. The average Bonchev–Trinajstić information content (AvgIpc) is 2.19. The predicted molar refractivity (Wildman–Crippen MR) is 56.3 cm³/mol. The number of allylic oxidation sites excluding steroid dienone is 1. The molecule has 1 N–H and O–H groups in total. The van der Waals surface area contributed by atoms with Gasteiger partial charge in [-0.1, -0.05) is 43.8 Å². The maximum absolute atomic E-state index is 8.89. The summed E-state index contributed by atoms with van der Waals surface area (Å²) >= 11 is 0. The zero-order valence-electron chi connectivity index (χ0n) is 8.03. The van der Waals surface area contributed by atoms with Crippen molar-refractivity contribution in [3.8, 4) is 0 Å². The van der Waals surface area contributed by atoms with Crippen molar-refractivity contribution in [2.45, 2.75) is 13.3 Å². The van der Waals surface area contributed by atoms with Crippen LogP contribution in [0.5, 0.6) is 0 Å². The fourth-order valence-corrected chi connectivity index (χ4v) is 1.28. The van der Waals surface area contributed by atoms with Crippen LogP contribution in [0.15, 0.2) is 36.9 Å². The molecule has 0 heterocycles. The summed E-state index contributed by atoms with van der Waals surface area (Å²) in [6.45, 7) is 6.25. The van der Waals surface area contributed by atoms with Crippen molar-refractivity contribution >= 4 is 5.57 Å². The number of rotatable bonds is 4. The van der Waals surface area contributed by atoms with Crippen LogP contribution in [-0.2, 0) is 0 Å². The Morgan fingerprint density at radius 3 is 2.54 bits per heavy atom. The molecule has 1 aromatic rings. The maximum Gasteiger partial charge on any atom is 0.0459 e. The van der Waals surface area contributed by atoms with Gasteiger partial charge < -0.3 is 5.11 Å². The van der Waals surface area contributed by atoms with E-state index in [1.54, 1.807) is 0 Å². The lowest BCUT2D eigenvalue weighted by atomic mass is 9.97. The topological polar surface area (TPSA) is 20.2 Å². The fourth-order valence-electron chi connectivity index (χ4n) is 1.28. The van der Waals surface area contributed by atoms with Gasteiger partial charge in [-0.2, -0.15) is 0 Å². The van der Waals surface area contributed by atoms with Crippen molar-refractivity contribution in [1.29, 1.82) is 0 Å². The highest BCUT2D eigenvalue weighted by Gasteiger charge is 2.03. The van der Waals surface area contributed by atoms with Gasteiger partial charge in [0.1, 0.15) is 0 Å². The fraction of sp³-hybridized carbons (Fsp3) is 0.333. The van der Waals surface area contributed by atoms with Gasteiger partial charge >= 0.3 is 0 Å². The van der Waals surface area contributed by atoms with Gasteiger partial charge in [-0.05, 0) is 23.5 Å². The summed E-state index contributed by atoms with van der Waals surface area (Å²) in [5.41, 5.74) is 2.27. The number of aliphatic hydroxyl groups is 1. The van der Waals surface area contributed by atoms with Gasteiger partial charge in [0.05, 0.1) is 0 Å². The molecule has 1 heteroatoms. The second kappa shape index (κ2) is 4.83. The molecule has 0 bridgehead atoms. The van der Waals surface area contributed by atoms with Gasteiger partial charge in [-0.25, -0.2) is 0 Å². The highest BCUT2D eigenvalue weighted by molar-refractivity contribution is 5.63. The molecule has 0 spiro atoms. The molecular weight excluding hydrogens is 160 g/mol. The number of benzene rings is 1. The lowest BCUT2D eigenvalue weighted by Gasteiger charge is -2.10. The summed E-state index contributed by atoms with van der Waals surface area (Å²) in [7, 11) is 0. The normalized spacial score (nSPS) is 12.5. The van der Waals surface area contributed by atoms with E-state index < -0.39 is 0 Å². The molecule has 13 heavy (non-hydrogen) atoms. The molecule has 1 rings (SSSR count). The monoisotopic (exact) mass is 176 g/mol. The molecule has 0 amide bonds. The van der Waals surface area contributed by atoms with E-state index in [2.05, 4.69) is 6.58 Å². The average molecular weight is 176 g/mol. The van der Waals surface area contributed by atoms with E-state index in [-0.39, 0.29) is 6.61 Å². The molecule has 1 atom stereocenters. The predicted octanol–water partition coefficient (Wildman–Crippen LogP) is 2.72. The molecule has 0 aliphatic heterocycles. The molecule has 0 aromatic heterocycles. The third kappa shape index (κ3) is 3.03. The summed E-state index contributed by atoms with van der Waals surface area (Å²) in [6.07, 6.45) is 0.862. The maximum atomic E-state index is 8.89. The quantitative estimate of drug-likeness (QED) is 0.747. The molecular formula is C12H16O. The zero-order valence-corrected chi connectivity index (χ0v) is 8.03. The Morgan fingerprint density at radius 1 is 1.38 bits per heavy atom. The lowest BCUT2D eigenvalue weighted by Crippen LogP contribution is -2.00. The molecule has 0 fully saturated rings. The van der Waals surface area contributed by atoms with Crippen LogP contribution < -0.4 is 0 Å². The van der Waals surface area contributed by atoms with Gasteiger partial charge in [0.15, 0.2) is 0 Å². The molecule has 0 saturated heterocycles. The Hall–Kier alpha value is -1.08. The number of aliphatic hydroxyl groups excluding tert-OH is 1. The third-order valence-corrected chi connectivity index (χ3v) is 2.09. The Bertz CT molecular complexity index is 264. The van der Waals surface area contributed by atoms with E-state index in [4.69, 9.17) is 5.11 Å². The van der Waals surface area contributed by atoms with Crippen LogP contribution in [0.3, 0.4) is 0 Å². The van der Waals surface area contributed by atoms with Crippen molar-refractivity contribution < 1.29 is 5.11 Å². The third-order valence-electron chi connectivity index (χ3n) is 2.09. The van der Waals surface area contributed by atoms with Gasteiger partial charge in [-0.15, -0.1) is 0 Å². The Labute approximate surface area is 79.7 Å². The van der Waals surface area contributed by atoms with Crippen molar-refractivity contribution in [2.75, 3.05) is 6.61 Å². The van der Waals surface area contributed by atoms with Crippen LogP contribution in [0.2, 0.25) is 0 Å². The summed E-state index contributed by atoms with van der Waals surface area (Å²) in [5.74, 6) is 0.299. The Morgan fingerprint density at radius 2 is 2.00 bits per heavy atom. The highest BCUT2D eigenvalue weighted by Crippen LogP contribution is 2.19. The summed E-state index contributed by atoms with van der Waals surface area (Å²) in [4.78, 5) is 0. The van der Waals surface area contributed by atoms with Crippen LogP contribution in [0, 0.1) is 5.92 Å². The minimum absolute atomic E-state index is 0.228. The first-order chi connectivity index (χ1) is 6.24. The standard InChI is InChI=1S/C12H16O/c1-10(9-13)8-11(2)12-6-4-3-5-7-12/h3-7,10,13H,2,8-9H2,1H3/t10-/m0/s1. The molecule has 70 valence electrons. The lowest BCUT2D eigenvalue weighted by molar-refractivity contribution is 0.240. The second-order valence-electron chi connectivity index (χ2n) is 3.46. The van der Waals surface area contributed by atoms with E-state index >= 15 is 0 Å². The highest BCUT2D eigenvalue weighted by atomic mass is 16.3. The summed E-state index contributed by atoms with van der Waals surface area (Å²) in [5, 5.41) is 8.89. The first kappa shape index (κ1) is 10.0. The Kier molecular flexibility index (Phi) is 3.71. The van der Waals surface area contributed by atoms with Gasteiger partial charge in [0.2, 0.25) is 0 Å². The van der Waals surface area contributed by atoms with Gasteiger partial charge in [0, 0.05) is 6.61 Å². The molecule has 0 aliphatic carbocycles. The SMILES string of the molecule is C=C(C[C@H](C)CO)c1ccccc1. The second-order valence-corrected chi connectivity index (χ2v) is 3.46. The first-order valence-corrected chi connectivity index (χ1v) is 4.58.